The first kappa shape index (κ1) is 25.4. The van der Waals surface area contributed by atoms with Crippen LogP contribution in [0.5, 0.6) is 0 Å². The molecule has 188 valence electrons. The standard InChI is InChI=1S/C23H26ClFN4O5S/c24-16-3-9-20(10-4-16)35(32,33)29-12-11-28(23(31)27-18-7-5-17(25)6-8-18)15-21(29)22(30)26-14-19-2-1-13-34-19/h3-10,19,21H,1-2,11-15H2,(H,26,30)(H,27,31). The Kier molecular flexibility index (Phi) is 7.90. The van der Waals surface area contributed by atoms with Crippen LogP contribution in [0.25, 0.3) is 0 Å². The normalized spacial score (nSPS) is 21.0. The van der Waals surface area contributed by atoms with E-state index in [1.54, 1.807) is 0 Å². The highest BCUT2D eigenvalue weighted by Crippen LogP contribution is 2.24. The molecule has 2 N–H and O–H groups in total. The second kappa shape index (κ2) is 10.9. The number of hydrogen-bond acceptors (Lipinski definition) is 5. The number of amides is 3. The number of nitrogens with zero attached hydrogens (tertiary/aromatic N) is 2. The van der Waals surface area contributed by atoms with Gasteiger partial charge < -0.3 is 20.3 Å². The van der Waals surface area contributed by atoms with Gasteiger partial charge in [0.25, 0.3) is 0 Å². The third kappa shape index (κ3) is 6.10. The topological polar surface area (TPSA) is 108 Å². The fourth-order valence-corrected chi connectivity index (χ4v) is 5.76. The first-order valence-corrected chi connectivity index (χ1v) is 13.0. The van der Waals surface area contributed by atoms with Gasteiger partial charge >= 0.3 is 6.03 Å². The lowest BCUT2D eigenvalue weighted by Crippen LogP contribution is -2.62. The van der Waals surface area contributed by atoms with Crippen molar-refractivity contribution >= 4 is 39.2 Å². The molecule has 2 saturated heterocycles. The zero-order valence-electron chi connectivity index (χ0n) is 18.8. The van der Waals surface area contributed by atoms with Gasteiger partial charge in [-0.25, -0.2) is 17.6 Å². The number of sulfonamides is 1. The summed E-state index contributed by atoms with van der Waals surface area (Å²) in [5.74, 6) is -0.954. The molecule has 2 heterocycles. The van der Waals surface area contributed by atoms with E-state index in [4.69, 9.17) is 16.3 Å². The molecule has 0 aromatic heterocycles. The molecule has 9 nitrogen and oxygen atoms in total. The molecule has 0 spiro atoms. The molecule has 2 aromatic carbocycles. The second-order valence-electron chi connectivity index (χ2n) is 8.35. The molecule has 0 aliphatic carbocycles. The Morgan fingerprint density at radius 1 is 1.09 bits per heavy atom. The summed E-state index contributed by atoms with van der Waals surface area (Å²) < 4.78 is 46.6. The number of carbonyl (C=O) groups excluding carboxylic acids is 2. The molecular formula is C23H26ClFN4O5S. The first-order valence-electron chi connectivity index (χ1n) is 11.2. The Morgan fingerprint density at radius 2 is 1.80 bits per heavy atom. The van der Waals surface area contributed by atoms with Crippen LogP contribution in [0.15, 0.2) is 53.4 Å². The van der Waals surface area contributed by atoms with Gasteiger partial charge in [0.1, 0.15) is 11.9 Å². The van der Waals surface area contributed by atoms with Crippen molar-refractivity contribution in [2.45, 2.75) is 29.9 Å². The van der Waals surface area contributed by atoms with E-state index >= 15 is 0 Å². The number of piperazine rings is 1. The Balaban J connectivity index is 1.52. The van der Waals surface area contributed by atoms with E-state index in [1.807, 2.05) is 0 Å². The number of ether oxygens (including phenoxy) is 1. The van der Waals surface area contributed by atoms with E-state index in [2.05, 4.69) is 10.6 Å². The van der Waals surface area contributed by atoms with Gasteiger partial charge in [-0.05, 0) is 61.4 Å². The molecule has 3 amide bonds. The summed E-state index contributed by atoms with van der Waals surface area (Å²) >= 11 is 5.90. The van der Waals surface area contributed by atoms with Crippen molar-refractivity contribution in [3.05, 3.63) is 59.4 Å². The summed E-state index contributed by atoms with van der Waals surface area (Å²) in [5, 5.41) is 5.82. The molecule has 2 atom stereocenters. The maximum Gasteiger partial charge on any atom is 0.321 e. The summed E-state index contributed by atoms with van der Waals surface area (Å²) in [6.07, 6.45) is 1.59. The van der Waals surface area contributed by atoms with E-state index in [1.165, 1.54) is 53.4 Å². The second-order valence-corrected chi connectivity index (χ2v) is 10.7. The van der Waals surface area contributed by atoms with Gasteiger partial charge in [0.15, 0.2) is 0 Å². The molecule has 0 saturated carbocycles. The number of anilines is 1. The predicted molar refractivity (Wildman–Crippen MR) is 128 cm³/mol. The number of carbonyl (C=O) groups is 2. The minimum Gasteiger partial charge on any atom is -0.376 e. The van der Waals surface area contributed by atoms with E-state index in [-0.39, 0.29) is 37.2 Å². The molecule has 35 heavy (non-hydrogen) atoms. The summed E-state index contributed by atoms with van der Waals surface area (Å²) in [5.41, 5.74) is 0.381. The van der Waals surface area contributed by atoms with Crippen molar-refractivity contribution in [2.24, 2.45) is 0 Å². The highest BCUT2D eigenvalue weighted by Gasteiger charge is 2.41. The van der Waals surface area contributed by atoms with E-state index in [0.29, 0.717) is 17.3 Å². The molecule has 4 rings (SSSR count). The molecule has 2 unspecified atom stereocenters. The van der Waals surface area contributed by atoms with Crippen molar-refractivity contribution < 1.29 is 27.1 Å². The molecule has 2 aliphatic rings. The number of nitrogens with one attached hydrogen (secondary N) is 2. The van der Waals surface area contributed by atoms with Gasteiger partial charge in [0, 0.05) is 43.5 Å². The van der Waals surface area contributed by atoms with Crippen molar-refractivity contribution in [1.29, 1.82) is 0 Å². The summed E-state index contributed by atoms with van der Waals surface area (Å²) in [6.45, 7) is 0.705. The number of halogens is 2. The lowest BCUT2D eigenvalue weighted by atomic mass is 10.2. The lowest BCUT2D eigenvalue weighted by Gasteiger charge is -2.39. The van der Waals surface area contributed by atoms with Gasteiger partial charge in [-0.1, -0.05) is 11.6 Å². The van der Waals surface area contributed by atoms with Crippen molar-refractivity contribution in [1.82, 2.24) is 14.5 Å². The van der Waals surface area contributed by atoms with Gasteiger partial charge in [-0.15, -0.1) is 0 Å². The smallest absolute Gasteiger partial charge is 0.321 e. The minimum atomic E-state index is -4.04. The maximum absolute atomic E-state index is 13.4. The molecule has 12 heteroatoms. The minimum absolute atomic E-state index is 0.00281. The Labute approximate surface area is 208 Å². The first-order chi connectivity index (χ1) is 16.7. The molecule has 2 fully saturated rings. The highest BCUT2D eigenvalue weighted by atomic mass is 35.5. The van der Waals surface area contributed by atoms with E-state index in [9.17, 15) is 22.4 Å². The summed E-state index contributed by atoms with van der Waals surface area (Å²) in [4.78, 5) is 27.4. The monoisotopic (exact) mass is 524 g/mol. The van der Waals surface area contributed by atoms with Crippen molar-refractivity contribution in [3.8, 4) is 0 Å². The quantitative estimate of drug-likeness (QED) is 0.604. The van der Waals surface area contributed by atoms with Crippen LogP contribution in [0.3, 0.4) is 0 Å². The summed E-state index contributed by atoms with van der Waals surface area (Å²) in [7, 11) is -4.04. The third-order valence-electron chi connectivity index (χ3n) is 5.96. The molecule has 0 bridgehead atoms. The van der Waals surface area contributed by atoms with Crippen LogP contribution in [-0.2, 0) is 19.6 Å². The number of hydrogen-bond donors (Lipinski definition) is 2. The fourth-order valence-electron chi connectivity index (χ4n) is 4.07. The van der Waals surface area contributed by atoms with Crippen LogP contribution in [0, 0.1) is 5.82 Å². The van der Waals surface area contributed by atoms with Crippen LogP contribution >= 0.6 is 11.6 Å². The SMILES string of the molecule is O=C(NCC1CCCO1)C1CN(C(=O)Nc2ccc(F)cc2)CCN1S(=O)(=O)c1ccc(Cl)cc1. The van der Waals surface area contributed by atoms with Gasteiger partial charge in [0.2, 0.25) is 15.9 Å². The summed E-state index contributed by atoms with van der Waals surface area (Å²) in [6, 6.07) is 9.30. The Bertz CT molecular complexity index is 1160. The third-order valence-corrected chi connectivity index (χ3v) is 8.14. The fraction of sp³-hybridized carbons (Fsp3) is 0.391. The van der Waals surface area contributed by atoms with Crippen molar-refractivity contribution in [2.75, 3.05) is 38.1 Å². The van der Waals surface area contributed by atoms with E-state index < -0.39 is 33.8 Å². The maximum atomic E-state index is 13.4. The molecule has 2 aromatic rings. The predicted octanol–water partition coefficient (Wildman–Crippen LogP) is 2.68. The molecule has 2 aliphatic heterocycles. The van der Waals surface area contributed by atoms with Crippen LogP contribution in [0.1, 0.15) is 12.8 Å². The van der Waals surface area contributed by atoms with Gasteiger partial charge in [-0.2, -0.15) is 4.31 Å². The Hall–Kier alpha value is -2.73. The van der Waals surface area contributed by atoms with Gasteiger partial charge in [0.05, 0.1) is 11.0 Å². The van der Waals surface area contributed by atoms with Crippen LogP contribution < -0.4 is 10.6 Å². The average Bonchev–Trinajstić information content (AvgIpc) is 3.37. The Morgan fingerprint density at radius 3 is 2.46 bits per heavy atom. The number of benzene rings is 2. The number of rotatable bonds is 6. The average molecular weight is 525 g/mol. The largest absolute Gasteiger partial charge is 0.376 e. The van der Waals surface area contributed by atoms with Crippen LogP contribution in [0.2, 0.25) is 5.02 Å². The van der Waals surface area contributed by atoms with Crippen LogP contribution in [0.4, 0.5) is 14.9 Å². The van der Waals surface area contributed by atoms with Gasteiger partial charge in [-0.3, -0.25) is 4.79 Å². The lowest BCUT2D eigenvalue weighted by molar-refractivity contribution is -0.126. The zero-order valence-corrected chi connectivity index (χ0v) is 20.4. The van der Waals surface area contributed by atoms with Crippen molar-refractivity contribution in [3.63, 3.8) is 0 Å². The molecule has 0 radical (unpaired) electrons. The molecular weight excluding hydrogens is 499 g/mol. The van der Waals surface area contributed by atoms with E-state index in [0.717, 1.165) is 17.1 Å². The van der Waals surface area contributed by atoms with Crippen LogP contribution in [-0.4, -0.2) is 74.5 Å². The highest BCUT2D eigenvalue weighted by molar-refractivity contribution is 7.89. The number of urea groups is 1. The zero-order chi connectivity index (χ0) is 25.0.